The van der Waals surface area contributed by atoms with E-state index >= 15 is 0 Å². The van der Waals surface area contributed by atoms with Crippen LogP contribution < -0.4 is 15.5 Å². The van der Waals surface area contributed by atoms with E-state index in [1.807, 2.05) is 18.3 Å². The zero-order chi connectivity index (χ0) is 14.8. The molecule has 0 atom stereocenters. The Bertz CT molecular complexity index is 586. The van der Waals surface area contributed by atoms with E-state index in [4.69, 9.17) is 5.73 Å². The molecule has 0 spiro atoms. The van der Waals surface area contributed by atoms with Crippen molar-refractivity contribution < 1.29 is 0 Å². The summed E-state index contributed by atoms with van der Waals surface area (Å²) in [6.07, 6.45) is 1.84. The highest BCUT2D eigenvalue weighted by molar-refractivity contribution is 7.09. The first-order valence-electron chi connectivity index (χ1n) is 7.18. The van der Waals surface area contributed by atoms with Crippen LogP contribution in [0.3, 0.4) is 0 Å². The summed E-state index contributed by atoms with van der Waals surface area (Å²) in [5.74, 6) is 1.89. The third-order valence-corrected chi connectivity index (χ3v) is 4.42. The van der Waals surface area contributed by atoms with E-state index in [0.29, 0.717) is 11.7 Å². The zero-order valence-corrected chi connectivity index (χ0v) is 13.2. The fourth-order valence-corrected chi connectivity index (χ4v) is 3.19. The molecule has 0 aromatic carbocycles. The summed E-state index contributed by atoms with van der Waals surface area (Å²) in [7, 11) is 0. The van der Waals surface area contributed by atoms with Gasteiger partial charge in [0.25, 0.3) is 0 Å². The second-order valence-corrected chi connectivity index (χ2v) is 6.24. The monoisotopic (exact) mass is 304 g/mol. The molecule has 1 aliphatic heterocycles. The minimum absolute atomic E-state index is 0.386. The molecule has 0 aliphatic carbocycles. The Morgan fingerprint density at radius 3 is 2.43 bits per heavy atom. The van der Waals surface area contributed by atoms with Gasteiger partial charge in [-0.3, -0.25) is 0 Å². The van der Waals surface area contributed by atoms with Crippen molar-refractivity contribution >= 4 is 28.2 Å². The predicted molar refractivity (Wildman–Crippen MR) is 87.1 cm³/mol. The fraction of sp³-hybridized carbons (Fsp3) is 0.500. The van der Waals surface area contributed by atoms with Gasteiger partial charge in [-0.1, -0.05) is 13.8 Å². The number of hydrogen-bond acceptors (Lipinski definition) is 7. The van der Waals surface area contributed by atoms with E-state index < -0.39 is 0 Å². The number of hydrogen-bond donors (Lipinski definition) is 1. The zero-order valence-electron chi connectivity index (χ0n) is 12.4. The molecule has 0 saturated carbocycles. The van der Waals surface area contributed by atoms with Crippen molar-refractivity contribution in [3.63, 3.8) is 0 Å². The third-order valence-electron chi connectivity index (χ3n) is 3.63. The largest absolute Gasteiger partial charge is 0.384 e. The SMILES string of the molecule is CC(C)c1nsc(N2CCN(c3ccc(N)nc3)CC2)n1. The molecule has 21 heavy (non-hydrogen) atoms. The van der Waals surface area contributed by atoms with Crippen molar-refractivity contribution in [1.82, 2.24) is 14.3 Å². The maximum Gasteiger partial charge on any atom is 0.205 e. The lowest BCUT2D eigenvalue weighted by Crippen LogP contribution is -2.46. The smallest absolute Gasteiger partial charge is 0.205 e. The summed E-state index contributed by atoms with van der Waals surface area (Å²) in [6.45, 7) is 8.08. The van der Waals surface area contributed by atoms with Crippen LogP contribution in [0.4, 0.5) is 16.6 Å². The molecule has 0 radical (unpaired) electrons. The van der Waals surface area contributed by atoms with E-state index in [1.165, 1.54) is 11.5 Å². The second kappa shape index (κ2) is 5.85. The summed E-state index contributed by atoms with van der Waals surface area (Å²) < 4.78 is 4.43. The van der Waals surface area contributed by atoms with Crippen molar-refractivity contribution in [3.8, 4) is 0 Å². The highest BCUT2D eigenvalue weighted by Gasteiger charge is 2.21. The summed E-state index contributed by atoms with van der Waals surface area (Å²) in [6, 6.07) is 3.88. The van der Waals surface area contributed by atoms with Crippen LogP contribution in [0.25, 0.3) is 0 Å². The average Bonchev–Trinajstić information content (AvgIpc) is 2.98. The van der Waals surface area contributed by atoms with Gasteiger partial charge in [-0.15, -0.1) is 0 Å². The normalized spacial score (nSPS) is 15.8. The van der Waals surface area contributed by atoms with Gasteiger partial charge in [0, 0.05) is 43.6 Å². The predicted octanol–water partition coefficient (Wildman–Crippen LogP) is 1.97. The number of piperazine rings is 1. The van der Waals surface area contributed by atoms with E-state index in [-0.39, 0.29) is 0 Å². The highest BCUT2D eigenvalue weighted by Crippen LogP contribution is 2.24. The van der Waals surface area contributed by atoms with Crippen molar-refractivity contribution in [2.45, 2.75) is 19.8 Å². The van der Waals surface area contributed by atoms with Crippen molar-refractivity contribution in [2.24, 2.45) is 0 Å². The molecule has 2 aromatic heterocycles. The molecule has 2 aromatic rings. The summed E-state index contributed by atoms with van der Waals surface area (Å²) in [5, 5.41) is 1.04. The molecule has 112 valence electrons. The van der Waals surface area contributed by atoms with Crippen LogP contribution in [0.5, 0.6) is 0 Å². The van der Waals surface area contributed by atoms with Crippen molar-refractivity contribution in [2.75, 3.05) is 41.7 Å². The number of rotatable bonds is 3. The van der Waals surface area contributed by atoms with Gasteiger partial charge in [0.1, 0.15) is 11.6 Å². The lowest BCUT2D eigenvalue weighted by atomic mass is 10.2. The van der Waals surface area contributed by atoms with E-state index in [0.717, 1.165) is 42.8 Å². The van der Waals surface area contributed by atoms with E-state index in [1.54, 1.807) is 0 Å². The van der Waals surface area contributed by atoms with E-state index in [9.17, 15) is 0 Å². The van der Waals surface area contributed by atoms with Gasteiger partial charge < -0.3 is 15.5 Å². The Morgan fingerprint density at radius 2 is 1.86 bits per heavy atom. The lowest BCUT2D eigenvalue weighted by Gasteiger charge is -2.35. The van der Waals surface area contributed by atoms with Gasteiger partial charge in [0.15, 0.2) is 0 Å². The number of nitrogens with zero attached hydrogens (tertiary/aromatic N) is 5. The van der Waals surface area contributed by atoms with Gasteiger partial charge in [0.2, 0.25) is 5.13 Å². The maximum atomic E-state index is 5.63. The Morgan fingerprint density at radius 1 is 1.14 bits per heavy atom. The number of nitrogens with two attached hydrogens (primary N) is 1. The first-order valence-corrected chi connectivity index (χ1v) is 7.96. The van der Waals surface area contributed by atoms with Crippen LogP contribution in [0, 0.1) is 0 Å². The number of pyridine rings is 1. The molecule has 7 heteroatoms. The summed E-state index contributed by atoms with van der Waals surface area (Å²) in [4.78, 5) is 13.4. The van der Waals surface area contributed by atoms with Gasteiger partial charge in [-0.2, -0.15) is 4.37 Å². The van der Waals surface area contributed by atoms with E-state index in [2.05, 4.69) is 38.0 Å². The van der Waals surface area contributed by atoms with Crippen molar-refractivity contribution in [1.29, 1.82) is 0 Å². The van der Waals surface area contributed by atoms with Crippen LogP contribution in [0.2, 0.25) is 0 Å². The Hall–Kier alpha value is -1.89. The third kappa shape index (κ3) is 3.07. The highest BCUT2D eigenvalue weighted by atomic mass is 32.1. The molecule has 0 amide bonds. The second-order valence-electron chi connectivity index (χ2n) is 5.51. The minimum Gasteiger partial charge on any atom is -0.384 e. The lowest BCUT2D eigenvalue weighted by molar-refractivity contribution is 0.649. The Kier molecular flexibility index (Phi) is 3.92. The molecular weight excluding hydrogens is 284 g/mol. The van der Waals surface area contributed by atoms with Crippen LogP contribution in [-0.4, -0.2) is 40.5 Å². The minimum atomic E-state index is 0.386. The van der Waals surface area contributed by atoms with Crippen LogP contribution in [0.15, 0.2) is 18.3 Å². The van der Waals surface area contributed by atoms with Gasteiger partial charge in [-0.05, 0) is 12.1 Å². The Labute approximate surface area is 128 Å². The standard InChI is InChI=1S/C14H20N6S/c1-10(2)13-17-14(21-18-13)20-7-5-19(6-8-20)11-3-4-12(15)16-9-11/h3-4,9-10H,5-8H2,1-2H3,(H2,15,16). The van der Waals surface area contributed by atoms with Crippen LogP contribution >= 0.6 is 11.5 Å². The molecule has 0 bridgehead atoms. The van der Waals surface area contributed by atoms with Gasteiger partial charge in [-0.25, -0.2) is 9.97 Å². The molecule has 3 rings (SSSR count). The molecule has 0 unspecified atom stereocenters. The average molecular weight is 304 g/mol. The topological polar surface area (TPSA) is 71.2 Å². The first kappa shape index (κ1) is 14.1. The van der Waals surface area contributed by atoms with Gasteiger partial charge >= 0.3 is 0 Å². The molecular formula is C14H20N6S. The maximum absolute atomic E-state index is 5.63. The van der Waals surface area contributed by atoms with Crippen LogP contribution in [-0.2, 0) is 0 Å². The molecule has 6 nitrogen and oxygen atoms in total. The molecule has 3 heterocycles. The molecule has 1 aliphatic rings. The first-order chi connectivity index (χ1) is 10.1. The van der Waals surface area contributed by atoms with Crippen LogP contribution in [0.1, 0.15) is 25.6 Å². The van der Waals surface area contributed by atoms with Gasteiger partial charge in [0.05, 0.1) is 11.9 Å². The Balaban J connectivity index is 1.63. The van der Waals surface area contributed by atoms with Crippen molar-refractivity contribution in [3.05, 3.63) is 24.2 Å². The molecule has 2 N–H and O–H groups in total. The summed E-state index contributed by atoms with van der Waals surface area (Å²) in [5.41, 5.74) is 6.76. The fourth-order valence-electron chi connectivity index (χ4n) is 2.33. The molecule has 1 fully saturated rings. The number of anilines is 3. The molecule has 1 saturated heterocycles. The quantitative estimate of drug-likeness (QED) is 0.934. The number of nitrogen functional groups attached to an aromatic ring is 1. The number of aromatic nitrogens is 3. The summed E-state index contributed by atoms with van der Waals surface area (Å²) >= 11 is 1.50.